The Morgan fingerprint density at radius 3 is 2.62 bits per heavy atom. The van der Waals surface area contributed by atoms with E-state index in [4.69, 9.17) is 17.3 Å². The molecule has 1 aliphatic carbocycles. The molecule has 0 spiro atoms. The third-order valence-corrected chi connectivity index (χ3v) is 3.72. The lowest BCUT2D eigenvalue weighted by atomic mass is 9.91. The van der Waals surface area contributed by atoms with E-state index in [-0.39, 0.29) is 6.04 Å². The van der Waals surface area contributed by atoms with Gasteiger partial charge in [-0.25, -0.2) is 0 Å². The maximum absolute atomic E-state index is 10.2. The van der Waals surface area contributed by atoms with E-state index in [2.05, 4.69) is 0 Å². The van der Waals surface area contributed by atoms with Crippen molar-refractivity contribution in [2.45, 2.75) is 37.8 Å². The van der Waals surface area contributed by atoms with Crippen molar-refractivity contribution in [3.05, 3.63) is 34.9 Å². The highest BCUT2D eigenvalue weighted by Crippen LogP contribution is 2.32. The summed E-state index contributed by atoms with van der Waals surface area (Å²) in [5.74, 6) is 0.356. The molecule has 1 saturated carbocycles. The Balaban J connectivity index is 2.08. The van der Waals surface area contributed by atoms with Gasteiger partial charge in [-0.05, 0) is 36.5 Å². The fourth-order valence-electron chi connectivity index (χ4n) is 2.50. The topological polar surface area (TPSA) is 46.2 Å². The van der Waals surface area contributed by atoms with Gasteiger partial charge in [-0.15, -0.1) is 0 Å². The van der Waals surface area contributed by atoms with E-state index >= 15 is 0 Å². The summed E-state index contributed by atoms with van der Waals surface area (Å²) in [7, 11) is 0. The molecule has 1 fully saturated rings. The third kappa shape index (κ3) is 2.57. The molecule has 3 heteroatoms. The molecule has 0 bridgehead atoms. The van der Waals surface area contributed by atoms with Crippen LogP contribution in [-0.2, 0) is 0 Å². The van der Waals surface area contributed by atoms with E-state index in [0.29, 0.717) is 10.9 Å². The Hall–Kier alpha value is -0.570. The molecule has 2 nitrogen and oxygen atoms in total. The predicted molar refractivity (Wildman–Crippen MR) is 66.3 cm³/mol. The van der Waals surface area contributed by atoms with E-state index in [1.54, 1.807) is 0 Å². The lowest BCUT2D eigenvalue weighted by Gasteiger charge is -2.24. The molecule has 0 amide bonds. The summed E-state index contributed by atoms with van der Waals surface area (Å²) < 4.78 is 0. The number of nitrogens with two attached hydrogens (primary N) is 1. The van der Waals surface area contributed by atoms with E-state index in [1.165, 1.54) is 12.8 Å². The number of aliphatic hydroxyl groups is 1. The molecule has 0 saturated heterocycles. The van der Waals surface area contributed by atoms with Gasteiger partial charge in [0.25, 0.3) is 0 Å². The summed E-state index contributed by atoms with van der Waals surface area (Å²) in [4.78, 5) is 0. The largest absolute Gasteiger partial charge is 0.391 e. The van der Waals surface area contributed by atoms with Crippen molar-refractivity contribution in [1.82, 2.24) is 0 Å². The number of hydrogen-bond acceptors (Lipinski definition) is 2. The minimum Gasteiger partial charge on any atom is -0.391 e. The molecular formula is C13H18ClNO. The van der Waals surface area contributed by atoms with Crippen molar-refractivity contribution >= 4 is 11.6 Å². The summed E-state index contributed by atoms with van der Waals surface area (Å²) >= 11 is 5.92. The zero-order valence-corrected chi connectivity index (χ0v) is 10.0. The van der Waals surface area contributed by atoms with Gasteiger partial charge in [0.15, 0.2) is 0 Å². The molecule has 1 aliphatic rings. The number of hydrogen-bond donors (Lipinski definition) is 2. The molecule has 0 heterocycles. The number of rotatable bonds is 3. The molecule has 16 heavy (non-hydrogen) atoms. The highest BCUT2D eigenvalue weighted by molar-refractivity contribution is 6.30. The molecule has 2 rings (SSSR count). The fraction of sp³-hybridized carbons (Fsp3) is 0.538. The van der Waals surface area contributed by atoms with Crippen molar-refractivity contribution in [2.24, 2.45) is 11.7 Å². The molecular weight excluding hydrogens is 222 g/mol. The van der Waals surface area contributed by atoms with Crippen LogP contribution in [0.4, 0.5) is 0 Å². The van der Waals surface area contributed by atoms with Gasteiger partial charge in [0.2, 0.25) is 0 Å². The molecule has 2 atom stereocenters. The maximum atomic E-state index is 10.2. The first-order chi connectivity index (χ1) is 7.68. The van der Waals surface area contributed by atoms with Crippen LogP contribution in [0, 0.1) is 5.92 Å². The van der Waals surface area contributed by atoms with Gasteiger partial charge in [0, 0.05) is 5.02 Å². The van der Waals surface area contributed by atoms with Crippen LogP contribution in [0.3, 0.4) is 0 Å². The molecule has 0 unspecified atom stereocenters. The molecule has 0 aliphatic heterocycles. The fourth-order valence-corrected chi connectivity index (χ4v) is 2.70. The van der Waals surface area contributed by atoms with Crippen molar-refractivity contribution in [3.8, 4) is 0 Å². The SMILES string of the molecule is N[C@@H](c1cccc(Cl)c1)[C@H](O)C1CCCC1. The lowest BCUT2D eigenvalue weighted by Crippen LogP contribution is -2.31. The third-order valence-electron chi connectivity index (χ3n) is 3.48. The van der Waals surface area contributed by atoms with Gasteiger partial charge >= 0.3 is 0 Å². The van der Waals surface area contributed by atoms with Crippen molar-refractivity contribution in [1.29, 1.82) is 0 Å². The van der Waals surface area contributed by atoms with Crippen LogP contribution in [0.2, 0.25) is 5.02 Å². The van der Waals surface area contributed by atoms with E-state index in [1.807, 2.05) is 24.3 Å². The highest BCUT2D eigenvalue weighted by Gasteiger charge is 2.28. The Morgan fingerprint density at radius 2 is 2.00 bits per heavy atom. The van der Waals surface area contributed by atoms with Crippen molar-refractivity contribution in [3.63, 3.8) is 0 Å². The van der Waals surface area contributed by atoms with Crippen LogP contribution in [0.1, 0.15) is 37.3 Å². The van der Waals surface area contributed by atoms with Crippen LogP contribution in [-0.4, -0.2) is 11.2 Å². The Kier molecular flexibility index (Phi) is 3.85. The normalized spacial score (nSPS) is 20.9. The first kappa shape index (κ1) is 11.9. The van der Waals surface area contributed by atoms with Crippen molar-refractivity contribution < 1.29 is 5.11 Å². The zero-order valence-electron chi connectivity index (χ0n) is 9.27. The van der Waals surface area contributed by atoms with Crippen LogP contribution in [0.5, 0.6) is 0 Å². The number of halogens is 1. The van der Waals surface area contributed by atoms with E-state index in [0.717, 1.165) is 18.4 Å². The van der Waals surface area contributed by atoms with Crippen LogP contribution in [0.25, 0.3) is 0 Å². The summed E-state index contributed by atoms with van der Waals surface area (Å²) in [6.45, 7) is 0. The molecule has 0 aromatic heterocycles. The second-order valence-corrected chi connectivity index (χ2v) is 5.05. The average molecular weight is 240 g/mol. The van der Waals surface area contributed by atoms with Crippen LogP contribution in [0.15, 0.2) is 24.3 Å². The zero-order chi connectivity index (χ0) is 11.5. The minimum absolute atomic E-state index is 0.318. The van der Waals surface area contributed by atoms with Crippen LogP contribution >= 0.6 is 11.6 Å². The Bertz CT molecular complexity index is 350. The lowest BCUT2D eigenvalue weighted by molar-refractivity contribution is 0.0845. The Labute approximate surface area is 101 Å². The van der Waals surface area contributed by atoms with Gasteiger partial charge in [0.1, 0.15) is 0 Å². The van der Waals surface area contributed by atoms with Gasteiger partial charge in [-0.3, -0.25) is 0 Å². The molecule has 1 aromatic carbocycles. The van der Waals surface area contributed by atoms with Gasteiger partial charge in [-0.1, -0.05) is 36.6 Å². The number of benzene rings is 1. The van der Waals surface area contributed by atoms with Gasteiger partial charge in [-0.2, -0.15) is 0 Å². The summed E-state index contributed by atoms with van der Waals surface area (Å²) in [6.07, 6.45) is 4.17. The van der Waals surface area contributed by atoms with Crippen LogP contribution < -0.4 is 5.73 Å². The van der Waals surface area contributed by atoms with E-state index in [9.17, 15) is 5.11 Å². The van der Waals surface area contributed by atoms with Gasteiger partial charge < -0.3 is 10.8 Å². The molecule has 88 valence electrons. The second-order valence-electron chi connectivity index (χ2n) is 4.62. The predicted octanol–water partition coefficient (Wildman–Crippen LogP) is 2.89. The second kappa shape index (κ2) is 5.17. The first-order valence-electron chi connectivity index (χ1n) is 5.87. The Morgan fingerprint density at radius 1 is 1.31 bits per heavy atom. The molecule has 0 radical (unpaired) electrons. The van der Waals surface area contributed by atoms with Gasteiger partial charge in [0.05, 0.1) is 12.1 Å². The average Bonchev–Trinajstić information content (AvgIpc) is 2.80. The monoisotopic (exact) mass is 239 g/mol. The minimum atomic E-state index is -0.444. The molecule has 1 aromatic rings. The first-order valence-corrected chi connectivity index (χ1v) is 6.25. The van der Waals surface area contributed by atoms with E-state index < -0.39 is 6.10 Å². The molecule has 3 N–H and O–H groups in total. The number of aliphatic hydroxyl groups excluding tert-OH is 1. The smallest absolute Gasteiger partial charge is 0.0760 e. The summed E-state index contributed by atoms with van der Waals surface area (Å²) in [5.41, 5.74) is 7.00. The highest BCUT2D eigenvalue weighted by atomic mass is 35.5. The summed E-state index contributed by atoms with van der Waals surface area (Å²) in [5, 5.41) is 10.9. The maximum Gasteiger partial charge on any atom is 0.0760 e. The quantitative estimate of drug-likeness (QED) is 0.852. The van der Waals surface area contributed by atoms with Crippen molar-refractivity contribution in [2.75, 3.05) is 0 Å². The summed E-state index contributed by atoms with van der Waals surface area (Å²) in [6, 6.07) is 7.14. The standard InChI is InChI=1S/C13H18ClNO/c14-11-7-3-6-10(8-11)12(15)13(16)9-4-1-2-5-9/h3,6-9,12-13,16H,1-2,4-5,15H2/t12-,13+/m0/s1.